The van der Waals surface area contributed by atoms with Gasteiger partial charge in [0.25, 0.3) is 0 Å². The molecule has 0 bridgehead atoms. The summed E-state index contributed by atoms with van der Waals surface area (Å²) < 4.78 is 5.04. The Labute approximate surface area is 105 Å². The zero-order valence-corrected chi connectivity index (χ0v) is 9.88. The van der Waals surface area contributed by atoms with E-state index < -0.39 is 0 Å². The van der Waals surface area contributed by atoms with Gasteiger partial charge in [0.15, 0.2) is 5.78 Å². The number of nitrogens with zero attached hydrogens (tertiary/aromatic N) is 1. The molecule has 0 aliphatic rings. The van der Waals surface area contributed by atoms with Crippen molar-refractivity contribution in [2.45, 2.75) is 0 Å². The van der Waals surface area contributed by atoms with Gasteiger partial charge in [-0.15, -0.1) is 0 Å². The second kappa shape index (κ2) is 5.15. The van der Waals surface area contributed by atoms with E-state index in [9.17, 15) is 4.79 Å². The molecule has 0 amide bonds. The maximum Gasteiger partial charge on any atom is 0.193 e. The summed E-state index contributed by atoms with van der Waals surface area (Å²) in [5, 5.41) is 8.80. The summed E-state index contributed by atoms with van der Waals surface area (Å²) >= 11 is 0. The Kier molecular flexibility index (Phi) is 3.40. The van der Waals surface area contributed by atoms with Gasteiger partial charge in [0.1, 0.15) is 5.75 Å². The summed E-state index contributed by atoms with van der Waals surface area (Å²) in [7, 11) is 1.58. The average molecular weight is 237 g/mol. The number of nitriles is 1. The summed E-state index contributed by atoms with van der Waals surface area (Å²) in [4.78, 5) is 12.2. The van der Waals surface area contributed by atoms with Crippen LogP contribution in [0.2, 0.25) is 0 Å². The lowest BCUT2D eigenvalue weighted by atomic mass is 10.0. The van der Waals surface area contributed by atoms with Crippen molar-refractivity contribution in [2.75, 3.05) is 7.11 Å². The number of carbonyl (C=O) groups is 1. The van der Waals surface area contributed by atoms with Gasteiger partial charge in [-0.1, -0.05) is 12.1 Å². The van der Waals surface area contributed by atoms with Gasteiger partial charge >= 0.3 is 0 Å². The van der Waals surface area contributed by atoms with Gasteiger partial charge < -0.3 is 4.74 Å². The lowest BCUT2D eigenvalue weighted by Crippen LogP contribution is -2.01. The fraction of sp³-hybridized carbons (Fsp3) is 0.0667. The second-order valence-corrected chi connectivity index (χ2v) is 3.75. The molecule has 3 nitrogen and oxygen atoms in total. The number of hydrogen-bond acceptors (Lipinski definition) is 3. The van der Waals surface area contributed by atoms with Crippen molar-refractivity contribution >= 4 is 5.78 Å². The molecule has 2 aromatic rings. The first-order valence-corrected chi connectivity index (χ1v) is 5.43. The van der Waals surface area contributed by atoms with Crippen LogP contribution in [-0.4, -0.2) is 12.9 Å². The number of ether oxygens (including phenoxy) is 1. The van der Waals surface area contributed by atoms with E-state index in [1.54, 1.807) is 55.6 Å². The van der Waals surface area contributed by atoms with Crippen molar-refractivity contribution in [3.8, 4) is 11.8 Å². The summed E-state index contributed by atoms with van der Waals surface area (Å²) in [6, 6.07) is 15.6. The van der Waals surface area contributed by atoms with Crippen LogP contribution >= 0.6 is 0 Å². The van der Waals surface area contributed by atoms with E-state index >= 15 is 0 Å². The predicted octanol–water partition coefficient (Wildman–Crippen LogP) is 2.80. The third-order valence-electron chi connectivity index (χ3n) is 2.61. The van der Waals surface area contributed by atoms with E-state index in [-0.39, 0.29) is 5.78 Å². The Bertz CT molecular complexity index is 609. The highest BCUT2D eigenvalue weighted by Crippen LogP contribution is 2.15. The van der Waals surface area contributed by atoms with Crippen LogP contribution in [0.4, 0.5) is 0 Å². The number of carbonyl (C=O) groups excluding carboxylic acids is 1. The molecule has 0 aromatic heterocycles. The van der Waals surface area contributed by atoms with Crippen molar-refractivity contribution in [3.05, 3.63) is 65.2 Å². The largest absolute Gasteiger partial charge is 0.497 e. The second-order valence-electron chi connectivity index (χ2n) is 3.75. The first-order valence-electron chi connectivity index (χ1n) is 5.43. The van der Waals surface area contributed by atoms with Crippen LogP contribution in [0, 0.1) is 11.3 Å². The van der Waals surface area contributed by atoms with Crippen LogP contribution in [0.3, 0.4) is 0 Å². The minimum Gasteiger partial charge on any atom is -0.497 e. The van der Waals surface area contributed by atoms with Crippen molar-refractivity contribution in [1.82, 2.24) is 0 Å². The summed E-state index contributed by atoms with van der Waals surface area (Å²) in [6.07, 6.45) is 0. The maximum absolute atomic E-state index is 12.2. The van der Waals surface area contributed by atoms with E-state index in [4.69, 9.17) is 10.00 Å². The van der Waals surface area contributed by atoms with Crippen molar-refractivity contribution in [2.24, 2.45) is 0 Å². The molecule has 0 atom stereocenters. The summed E-state index contributed by atoms with van der Waals surface area (Å²) in [5.74, 6) is 0.604. The highest BCUT2D eigenvalue weighted by atomic mass is 16.5. The molecule has 0 fully saturated rings. The monoisotopic (exact) mass is 237 g/mol. The number of methoxy groups -OCH3 is 1. The minimum atomic E-state index is -0.102. The summed E-state index contributed by atoms with van der Waals surface area (Å²) in [6.45, 7) is 0. The minimum absolute atomic E-state index is 0.102. The first-order chi connectivity index (χ1) is 8.74. The molecule has 0 aliphatic heterocycles. The quantitative estimate of drug-likeness (QED) is 0.771. The Hall–Kier alpha value is -2.60. The molecule has 0 heterocycles. The molecule has 18 heavy (non-hydrogen) atoms. The molecule has 2 rings (SSSR count). The topological polar surface area (TPSA) is 50.1 Å². The lowest BCUT2D eigenvalue weighted by Gasteiger charge is -2.03. The number of hydrogen-bond donors (Lipinski definition) is 0. The fourth-order valence-corrected chi connectivity index (χ4v) is 1.64. The Morgan fingerprint density at radius 2 is 1.83 bits per heavy atom. The Morgan fingerprint density at radius 1 is 1.11 bits per heavy atom. The molecular weight excluding hydrogens is 226 g/mol. The van der Waals surface area contributed by atoms with Crippen LogP contribution in [0.15, 0.2) is 48.5 Å². The van der Waals surface area contributed by atoms with E-state index in [2.05, 4.69) is 0 Å². The normalized spacial score (nSPS) is 9.56. The van der Waals surface area contributed by atoms with Crippen molar-refractivity contribution < 1.29 is 9.53 Å². The van der Waals surface area contributed by atoms with Crippen LogP contribution in [-0.2, 0) is 0 Å². The standard InChI is InChI=1S/C15H11NO2/c1-18-14-7-5-12(6-8-14)15(17)13-4-2-3-11(9-13)10-16/h2-9H,1H3. The van der Waals surface area contributed by atoms with E-state index in [1.807, 2.05) is 6.07 Å². The summed E-state index contributed by atoms with van der Waals surface area (Å²) in [5.41, 5.74) is 1.57. The third-order valence-corrected chi connectivity index (χ3v) is 2.61. The van der Waals surface area contributed by atoms with E-state index in [1.165, 1.54) is 0 Å². The van der Waals surface area contributed by atoms with Gasteiger partial charge in [-0.05, 0) is 36.4 Å². The highest BCUT2D eigenvalue weighted by Gasteiger charge is 2.09. The molecule has 2 aromatic carbocycles. The van der Waals surface area contributed by atoms with Gasteiger partial charge in [-0.3, -0.25) is 4.79 Å². The van der Waals surface area contributed by atoms with Crippen LogP contribution in [0.5, 0.6) is 5.75 Å². The molecule has 0 aliphatic carbocycles. The molecule has 88 valence electrons. The lowest BCUT2D eigenvalue weighted by molar-refractivity contribution is 0.103. The number of rotatable bonds is 3. The smallest absolute Gasteiger partial charge is 0.193 e. The van der Waals surface area contributed by atoms with E-state index in [0.29, 0.717) is 22.4 Å². The molecule has 0 radical (unpaired) electrons. The number of benzene rings is 2. The zero-order valence-electron chi connectivity index (χ0n) is 9.88. The van der Waals surface area contributed by atoms with Gasteiger partial charge in [0.2, 0.25) is 0 Å². The Morgan fingerprint density at radius 3 is 2.44 bits per heavy atom. The molecule has 0 unspecified atom stereocenters. The fourth-order valence-electron chi connectivity index (χ4n) is 1.64. The van der Waals surface area contributed by atoms with Crippen molar-refractivity contribution in [1.29, 1.82) is 5.26 Å². The third kappa shape index (κ3) is 2.38. The van der Waals surface area contributed by atoms with Gasteiger partial charge in [0, 0.05) is 11.1 Å². The molecule has 0 saturated heterocycles. The zero-order chi connectivity index (χ0) is 13.0. The predicted molar refractivity (Wildman–Crippen MR) is 67.6 cm³/mol. The van der Waals surface area contributed by atoms with Gasteiger partial charge in [-0.2, -0.15) is 5.26 Å². The van der Waals surface area contributed by atoms with Gasteiger partial charge in [-0.25, -0.2) is 0 Å². The van der Waals surface area contributed by atoms with Crippen LogP contribution in [0.1, 0.15) is 21.5 Å². The first kappa shape index (κ1) is 11.9. The molecular formula is C15H11NO2. The van der Waals surface area contributed by atoms with E-state index in [0.717, 1.165) is 0 Å². The molecule has 3 heteroatoms. The van der Waals surface area contributed by atoms with Crippen LogP contribution in [0.25, 0.3) is 0 Å². The molecule has 0 spiro atoms. The highest BCUT2D eigenvalue weighted by molar-refractivity contribution is 6.09. The molecule has 0 saturated carbocycles. The average Bonchev–Trinajstić information content (AvgIpc) is 2.46. The van der Waals surface area contributed by atoms with Crippen LogP contribution < -0.4 is 4.74 Å². The SMILES string of the molecule is COc1ccc(C(=O)c2cccc(C#N)c2)cc1. The van der Waals surface area contributed by atoms with Crippen molar-refractivity contribution in [3.63, 3.8) is 0 Å². The number of ketones is 1. The van der Waals surface area contributed by atoms with Gasteiger partial charge in [0.05, 0.1) is 18.7 Å². The molecule has 0 N–H and O–H groups in total. The maximum atomic E-state index is 12.2. The Balaban J connectivity index is 2.32.